The van der Waals surface area contributed by atoms with Crippen LogP contribution in [0.3, 0.4) is 0 Å². The first kappa shape index (κ1) is 13.5. The molecule has 4 nitrogen and oxygen atoms in total. The second kappa shape index (κ2) is 6.24. The van der Waals surface area contributed by atoms with Crippen molar-refractivity contribution in [3.8, 4) is 12.3 Å². The van der Waals surface area contributed by atoms with E-state index in [1.54, 1.807) is 4.31 Å². The van der Waals surface area contributed by atoms with Crippen LogP contribution in [0.2, 0.25) is 0 Å². The minimum absolute atomic E-state index is 0.162. The van der Waals surface area contributed by atoms with Crippen molar-refractivity contribution in [2.75, 3.05) is 26.2 Å². The first-order valence-electron chi connectivity index (χ1n) is 5.81. The fourth-order valence-electron chi connectivity index (χ4n) is 1.89. The topological polar surface area (TPSA) is 40.6 Å². The van der Waals surface area contributed by atoms with Crippen molar-refractivity contribution >= 4 is 10.2 Å². The van der Waals surface area contributed by atoms with Gasteiger partial charge in [-0.1, -0.05) is 25.7 Å². The zero-order chi connectivity index (χ0) is 12.0. The molecule has 0 N–H and O–H groups in total. The Bertz CT molecular complexity index is 337. The van der Waals surface area contributed by atoms with Crippen LogP contribution in [0.15, 0.2) is 0 Å². The molecule has 0 bridgehead atoms. The maximum absolute atomic E-state index is 12.2. The molecule has 0 radical (unpaired) electrons. The Kier molecular flexibility index (Phi) is 5.26. The molecule has 1 fully saturated rings. The van der Waals surface area contributed by atoms with Gasteiger partial charge in [-0.25, -0.2) is 0 Å². The smallest absolute Gasteiger partial charge is 0.195 e. The van der Waals surface area contributed by atoms with Gasteiger partial charge in [0.05, 0.1) is 6.54 Å². The Morgan fingerprint density at radius 1 is 1.25 bits per heavy atom. The summed E-state index contributed by atoms with van der Waals surface area (Å²) >= 11 is 0. The molecule has 0 aromatic rings. The molecule has 5 heteroatoms. The number of hydrogen-bond acceptors (Lipinski definition) is 2. The summed E-state index contributed by atoms with van der Waals surface area (Å²) in [6.45, 7) is 3.66. The molecule has 0 atom stereocenters. The molecule has 0 saturated carbocycles. The first-order chi connectivity index (χ1) is 7.62. The van der Waals surface area contributed by atoms with E-state index in [9.17, 15) is 8.42 Å². The number of rotatable bonds is 4. The standard InChI is InChI=1S/C11H20N2O2S/c1-3-9-12(4-2)16(14,15)13-10-7-5-6-8-11-13/h1H,4-11H2,2H3. The van der Waals surface area contributed by atoms with Crippen LogP contribution in [0.25, 0.3) is 0 Å². The van der Waals surface area contributed by atoms with Gasteiger partial charge in [-0.15, -0.1) is 6.42 Å². The molecule has 0 aromatic heterocycles. The van der Waals surface area contributed by atoms with Crippen molar-refractivity contribution in [2.24, 2.45) is 0 Å². The predicted molar refractivity (Wildman–Crippen MR) is 65.0 cm³/mol. The summed E-state index contributed by atoms with van der Waals surface area (Å²) in [5.74, 6) is 2.40. The SMILES string of the molecule is C#CCN(CC)S(=O)(=O)N1CCCCCC1. The van der Waals surface area contributed by atoms with E-state index in [2.05, 4.69) is 5.92 Å². The first-order valence-corrected chi connectivity index (χ1v) is 7.21. The second-order valence-electron chi connectivity index (χ2n) is 3.95. The van der Waals surface area contributed by atoms with Crippen molar-refractivity contribution in [2.45, 2.75) is 32.6 Å². The Morgan fingerprint density at radius 3 is 2.25 bits per heavy atom. The molecule has 1 aliphatic rings. The summed E-state index contributed by atoms with van der Waals surface area (Å²) < 4.78 is 27.4. The molecular formula is C11H20N2O2S. The third-order valence-electron chi connectivity index (χ3n) is 2.84. The van der Waals surface area contributed by atoms with Gasteiger partial charge in [0, 0.05) is 19.6 Å². The van der Waals surface area contributed by atoms with Gasteiger partial charge in [0.1, 0.15) is 0 Å². The van der Waals surface area contributed by atoms with Gasteiger partial charge in [-0.2, -0.15) is 17.0 Å². The van der Waals surface area contributed by atoms with Crippen molar-refractivity contribution in [1.82, 2.24) is 8.61 Å². The average Bonchev–Trinajstić information content (AvgIpc) is 2.54. The predicted octanol–water partition coefficient (Wildman–Crippen LogP) is 1.06. The monoisotopic (exact) mass is 244 g/mol. The van der Waals surface area contributed by atoms with Crippen LogP contribution in [0.5, 0.6) is 0 Å². The fraction of sp³-hybridized carbons (Fsp3) is 0.818. The Morgan fingerprint density at radius 2 is 1.81 bits per heavy atom. The van der Waals surface area contributed by atoms with E-state index < -0.39 is 10.2 Å². The van der Waals surface area contributed by atoms with Crippen LogP contribution in [-0.4, -0.2) is 43.2 Å². The van der Waals surface area contributed by atoms with Crippen molar-refractivity contribution in [1.29, 1.82) is 0 Å². The third kappa shape index (κ3) is 3.21. The highest BCUT2D eigenvalue weighted by Gasteiger charge is 2.28. The van der Waals surface area contributed by atoms with Crippen LogP contribution < -0.4 is 0 Å². The minimum Gasteiger partial charge on any atom is -0.195 e. The molecule has 1 saturated heterocycles. The van der Waals surface area contributed by atoms with E-state index in [0.717, 1.165) is 25.7 Å². The lowest BCUT2D eigenvalue weighted by Crippen LogP contribution is -2.44. The normalized spacial score (nSPS) is 19.3. The van der Waals surface area contributed by atoms with Gasteiger partial charge in [0.2, 0.25) is 0 Å². The quantitative estimate of drug-likeness (QED) is 0.694. The molecule has 0 unspecified atom stereocenters. The Hall–Kier alpha value is -0.570. The minimum atomic E-state index is -3.34. The number of terminal acetylenes is 1. The molecule has 16 heavy (non-hydrogen) atoms. The highest BCUT2D eigenvalue weighted by molar-refractivity contribution is 7.86. The summed E-state index contributed by atoms with van der Waals surface area (Å²) in [6.07, 6.45) is 9.33. The van der Waals surface area contributed by atoms with Crippen LogP contribution in [-0.2, 0) is 10.2 Å². The van der Waals surface area contributed by atoms with E-state index in [0.29, 0.717) is 19.6 Å². The molecule has 92 valence electrons. The van der Waals surface area contributed by atoms with E-state index in [-0.39, 0.29) is 6.54 Å². The lowest BCUT2D eigenvalue weighted by Gasteiger charge is -2.26. The molecule has 0 amide bonds. The highest BCUT2D eigenvalue weighted by Crippen LogP contribution is 2.15. The van der Waals surface area contributed by atoms with E-state index in [1.165, 1.54) is 4.31 Å². The van der Waals surface area contributed by atoms with Crippen molar-refractivity contribution < 1.29 is 8.42 Å². The van der Waals surface area contributed by atoms with E-state index in [1.807, 2.05) is 6.92 Å². The molecule has 0 spiro atoms. The number of hydrogen-bond donors (Lipinski definition) is 0. The lowest BCUT2D eigenvalue weighted by molar-refractivity contribution is 0.362. The molecule has 1 aliphatic heterocycles. The van der Waals surface area contributed by atoms with Crippen molar-refractivity contribution in [3.05, 3.63) is 0 Å². The largest absolute Gasteiger partial charge is 0.282 e. The maximum Gasteiger partial charge on any atom is 0.282 e. The fourth-order valence-corrected chi connectivity index (χ4v) is 3.50. The van der Waals surface area contributed by atoms with Gasteiger partial charge >= 0.3 is 0 Å². The van der Waals surface area contributed by atoms with Crippen LogP contribution in [0.4, 0.5) is 0 Å². The lowest BCUT2D eigenvalue weighted by atomic mass is 10.2. The zero-order valence-corrected chi connectivity index (χ0v) is 10.7. The summed E-state index contributed by atoms with van der Waals surface area (Å²) in [5.41, 5.74) is 0. The summed E-state index contributed by atoms with van der Waals surface area (Å²) in [6, 6.07) is 0. The van der Waals surface area contributed by atoms with Gasteiger partial charge in [0.15, 0.2) is 0 Å². The summed E-state index contributed by atoms with van der Waals surface area (Å²) in [7, 11) is -3.34. The van der Waals surface area contributed by atoms with Crippen LogP contribution in [0, 0.1) is 12.3 Å². The number of nitrogens with zero attached hydrogens (tertiary/aromatic N) is 2. The van der Waals surface area contributed by atoms with Gasteiger partial charge in [-0.05, 0) is 12.8 Å². The third-order valence-corrected chi connectivity index (χ3v) is 4.90. The molecular weight excluding hydrogens is 224 g/mol. The Labute approximate surface area is 98.8 Å². The van der Waals surface area contributed by atoms with E-state index >= 15 is 0 Å². The maximum atomic E-state index is 12.2. The van der Waals surface area contributed by atoms with Gasteiger partial charge in [-0.3, -0.25) is 0 Å². The molecule has 0 aromatic carbocycles. The highest BCUT2D eigenvalue weighted by atomic mass is 32.2. The zero-order valence-electron chi connectivity index (χ0n) is 9.85. The van der Waals surface area contributed by atoms with Crippen LogP contribution >= 0.6 is 0 Å². The Balaban J connectivity index is 2.77. The average molecular weight is 244 g/mol. The van der Waals surface area contributed by atoms with E-state index in [4.69, 9.17) is 6.42 Å². The molecule has 1 rings (SSSR count). The second-order valence-corrected chi connectivity index (χ2v) is 5.88. The molecule has 0 aliphatic carbocycles. The summed E-state index contributed by atoms with van der Waals surface area (Å²) in [5, 5.41) is 0. The van der Waals surface area contributed by atoms with Gasteiger partial charge < -0.3 is 0 Å². The van der Waals surface area contributed by atoms with Crippen molar-refractivity contribution in [3.63, 3.8) is 0 Å². The summed E-state index contributed by atoms with van der Waals surface area (Å²) in [4.78, 5) is 0. The van der Waals surface area contributed by atoms with Gasteiger partial charge in [0.25, 0.3) is 10.2 Å². The van der Waals surface area contributed by atoms with Crippen LogP contribution in [0.1, 0.15) is 32.6 Å². The molecule has 1 heterocycles.